The van der Waals surface area contributed by atoms with Gasteiger partial charge in [0.15, 0.2) is 5.43 Å². The van der Waals surface area contributed by atoms with Crippen LogP contribution in [0.15, 0.2) is 107 Å². The van der Waals surface area contributed by atoms with Crippen molar-refractivity contribution in [2.24, 2.45) is 0 Å². The van der Waals surface area contributed by atoms with E-state index in [1.54, 1.807) is 83.8 Å². The number of carbonyl (C=O) groups excluding carboxylic acids is 1. The molecule has 2 aromatic carbocycles. The van der Waals surface area contributed by atoms with Gasteiger partial charge in [0, 0.05) is 41.1 Å². The third kappa shape index (κ3) is 4.62. The van der Waals surface area contributed by atoms with Crippen LogP contribution in [0.3, 0.4) is 0 Å². The minimum Gasteiger partial charge on any atom is -0.321 e. The summed E-state index contributed by atoms with van der Waals surface area (Å²) >= 11 is 5.95. The summed E-state index contributed by atoms with van der Waals surface area (Å²) in [7, 11) is 0. The molecule has 0 aliphatic heterocycles. The van der Waals surface area contributed by atoms with Crippen molar-refractivity contribution in [3.63, 3.8) is 0 Å². The van der Waals surface area contributed by atoms with E-state index in [9.17, 15) is 14.4 Å². The number of hydrogen-bond acceptors (Lipinski definition) is 4. The topological polar surface area (TPSA) is 86.0 Å². The molecule has 5 aromatic rings. The maximum atomic E-state index is 13.2. The van der Waals surface area contributed by atoms with Gasteiger partial charge >= 0.3 is 0 Å². The second-order valence-corrected chi connectivity index (χ2v) is 8.34. The summed E-state index contributed by atoms with van der Waals surface area (Å²) in [5.74, 6) is -0.312. The standard InChI is InChI=1S/C27H19ClN4O3/c28-19-6-4-18(5-7-19)17-31-15-12-23-25(27(31)35)24(33)13-16-32(23)21-10-8-20(9-11-21)30-26(34)22-3-1-2-14-29-22/h1-16H,17H2,(H,30,34). The van der Waals surface area contributed by atoms with Crippen molar-refractivity contribution in [1.29, 1.82) is 0 Å². The molecule has 3 heterocycles. The molecule has 8 heteroatoms. The summed E-state index contributed by atoms with van der Waals surface area (Å²) in [5, 5.41) is 3.53. The van der Waals surface area contributed by atoms with Crippen molar-refractivity contribution in [2.45, 2.75) is 6.54 Å². The van der Waals surface area contributed by atoms with Crippen molar-refractivity contribution >= 4 is 34.1 Å². The summed E-state index contributed by atoms with van der Waals surface area (Å²) in [6.45, 7) is 0.324. The Kier molecular flexibility index (Phi) is 5.99. The summed E-state index contributed by atoms with van der Waals surface area (Å²) in [4.78, 5) is 42.2. The fraction of sp³-hybridized carbons (Fsp3) is 0.0370. The number of benzene rings is 2. The van der Waals surface area contributed by atoms with Gasteiger partial charge in [-0.15, -0.1) is 0 Å². The van der Waals surface area contributed by atoms with E-state index in [4.69, 9.17) is 11.6 Å². The highest BCUT2D eigenvalue weighted by Crippen LogP contribution is 2.18. The Morgan fingerprint density at radius 3 is 2.37 bits per heavy atom. The van der Waals surface area contributed by atoms with Crippen LogP contribution in [0.5, 0.6) is 0 Å². The molecular weight excluding hydrogens is 464 g/mol. The average Bonchev–Trinajstić information content (AvgIpc) is 2.88. The lowest BCUT2D eigenvalue weighted by atomic mass is 10.2. The molecular formula is C27H19ClN4O3. The van der Waals surface area contributed by atoms with E-state index in [-0.39, 0.29) is 22.3 Å². The number of nitrogens with one attached hydrogen (secondary N) is 1. The van der Waals surface area contributed by atoms with Crippen LogP contribution in [-0.4, -0.2) is 20.0 Å². The van der Waals surface area contributed by atoms with Crippen LogP contribution >= 0.6 is 11.6 Å². The molecule has 0 bridgehead atoms. The molecule has 0 saturated heterocycles. The van der Waals surface area contributed by atoms with E-state index in [0.717, 1.165) is 11.3 Å². The molecule has 3 aromatic heterocycles. The molecule has 0 fully saturated rings. The zero-order valence-electron chi connectivity index (χ0n) is 18.4. The monoisotopic (exact) mass is 482 g/mol. The minimum absolute atomic E-state index is 0.108. The number of hydrogen-bond donors (Lipinski definition) is 1. The Morgan fingerprint density at radius 2 is 1.66 bits per heavy atom. The van der Waals surface area contributed by atoms with Crippen molar-refractivity contribution in [3.8, 4) is 5.69 Å². The average molecular weight is 483 g/mol. The summed E-state index contributed by atoms with van der Waals surface area (Å²) < 4.78 is 3.28. The number of carbonyl (C=O) groups is 1. The Hall–Kier alpha value is -4.49. The Bertz CT molecular complexity index is 1640. The van der Waals surface area contributed by atoms with Crippen molar-refractivity contribution < 1.29 is 4.79 Å². The van der Waals surface area contributed by atoms with Gasteiger partial charge in [-0.05, 0) is 60.2 Å². The third-order valence-electron chi connectivity index (χ3n) is 5.59. The highest BCUT2D eigenvalue weighted by Gasteiger charge is 2.12. The number of halogens is 1. The second-order valence-electron chi connectivity index (χ2n) is 7.90. The van der Waals surface area contributed by atoms with Crippen LogP contribution in [0.2, 0.25) is 5.02 Å². The van der Waals surface area contributed by atoms with Gasteiger partial charge in [0.2, 0.25) is 0 Å². The molecule has 35 heavy (non-hydrogen) atoms. The molecule has 0 spiro atoms. The number of anilines is 1. The molecule has 0 radical (unpaired) electrons. The van der Waals surface area contributed by atoms with E-state index in [2.05, 4.69) is 10.3 Å². The second kappa shape index (κ2) is 9.40. The van der Waals surface area contributed by atoms with Gasteiger partial charge in [0.25, 0.3) is 11.5 Å². The lowest BCUT2D eigenvalue weighted by molar-refractivity contribution is 0.102. The first-order valence-electron chi connectivity index (χ1n) is 10.8. The van der Waals surface area contributed by atoms with Crippen LogP contribution in [0.1, 0.15) is 16.1 Å². The smallest absolute Gasteiger partial charge is 0.274 e. The molecule has 0 atom stereocenters. The van der Waals surface area contributed by atoms with E-state index >= 15 is 0 Å². The quantitative estimate of drug-likeness (QED) is 0.399. The van der Waals surface area contributed by atoms with Crippen LogP contribution in [0.25, 0.3) is 16.6 Å². The zero-order valence-corrected chi connectivity index (χ0v) is 19.1. The first kappa shape index (κ1) is 22.3. The predicted octanol–water partition coefficient (Wildman–Crippen LogP) is 4.50. The Labute approximate surface area is 204 Å². The molecule has 5 rings (SSSR count). The Morgan fingerprint density at radius 1 is 0.886 bits per heavy atom. The molecule has 1 amide bonds. The number of amides is 1. The van der Waals surface area contributed by atoms with Crippen molar-refractivity contribution in [3.05, 3.63) is 134 Å². The fourth-order valence-electron chi connectivity index (χ4n) is 3.84. The first-order valence-corrected chi connectivity index (χ1v) is 11.2. The normalized spacial score (nSPS) is 10.9. The van der Waals surface area contributed by atoms with Crippen molar-refractivity contribution in [1.82, 2.24) is 14.1 Å². The number of nitrogens with zero attached hydrogens (tertiary/aromatic N) is 3. The fourth-order valence-corrected chi connectivity index (χ4v) is 3.96. The molecule has 1 N–H and O–H groups in total. The maximum absolute atomic E-state index is 13.2. The number of fused-ring (bicyclic) bond motifs is 1. The van der Waals surface area contributed by atoms with Gasteiger partial charge in [-0.1, -0.05) is 29.8 Å². The first-order chi connectivity index (χ1) is 17.0. The van der Waals surface area contributed by atoms with E-state index in [1.807, 2.05) is 12.1 Å². The molecule has 172 valence electrons. The van der Waals surface area contributed by atoms with Crippen molar-refractivity contribution in [2.75, 3.05) is 5.32 Å². The lowest BCUT2D eigenvalue weighted by Gasteiger charge is -2.13. The summed E-state index contributed by atoms with van der Waals surface area (Å²) in [5.41, 5.74) is 2.34. The third-order valence-corrected chi connectivity index (χ3v) is 5.84. The zero-order chi connectivity index (χ0) is 24.4. The van der Waals surface area contributed by atoms with E-state index < -0.39 is 0 Å². The largest absolute Gasteiger partial charge is 0.321 e. The predicted molar refractivity (Wildman–Crippen MR) is 137 cm³/mol. The minimum atomic E-state index is -0.365. The van der Waals surface area contributed by atoms with Crippen LogP contribution in [0, 0.1) is 0 Å². The summed E-state index contributed by atoms with van der Waals surface area (Å²) in [6.07, 6.45) is 4.87. The lowest BCUT2D eigenvalue weighted by Crippen LogP contribution is -2.25. The molecule has 7 nitrogen and oxygen atoms in total. The van der Waals surface area contributed by atoms with E-state index in [1.165, 1.54) is 10.6 Å². The molecule has 0 aliphatic carbocycles. The van der Waals surface area contributed by atoms with E-state index in [0.29, 0.717) is 28.5 Å². The summed E-state index contributed by atoms with van der Waals surface area (Å²) in [6, 6.07) is 22.6. The van der Waals surface area contributed by atoms with Crippen LogP contribution in [-0.2, 0) is 6.54 Å². The molecule has 0 saturated carbocycles. The van der Waals surface area contributed by atoms with Crippen LogP contribution < -0.4 is 16.3 Å². The van der Waals surface area contributed by atoms with Gasteiger partial charge in [-0.3, -0.25) is 19.4 Å². The molecule has 0 aliphatic rings. The van der Waals surface area contributed by atoms with Gasteiger partial charge in [-0.2, -0.15) is 0 Å². The van der Waals surface area contributed by atoms with Crippen LogP contribution in [0.4, 0.5) is 5.69 Å². The molecule has 0 unspecified atom stereocenters. The van der Waals surface area contributed by atoms with Gasteiger partial charge in [0.05, 0.1) is 12.1 Å². The number of aromatic nitrogens is 3. The highest BCUT2D eigenvalue weighted by atomic mass is 35.5. The Balaban J connectivity index is 1.46. The maximum Gasteiger partial charge on any atom is 0.274 e. The van der Waals surface area contributed by atoms with Gasteiger partial charge in [0.1, 0.15) is 11.1 Å². The van der Waals surface area contributed by atoms with Gasteiger partial charge < -0.3 is 14.5 Å². The van der Waals surface area contributed by atoms with Gasteiger partial charge in [-0.25, -0.2) is 0 Å². The number of pyridine rings is 3. The highest BCUT2D eigenvalue weighted by molar-refractivity contribution is 6.30. The number of rotatable bonds is 5. The SMILES string of the molecule is O=C(Nc1ccc(-n2ccc(=O)c3c(=O)n(Cc4ccc(Cl)cc4)ccc32)cc1)c1ccccn1.